The van der Waals surface area contributed by atoms with Crippen LogP contribution in [0.1, 0.15) is 17.3 Å². The fraction of sp³-hybridized carbons (Fsp3) is 0.0714. The van der Waals surface area contributed by atoms with Crippen molar-refractivity contribution in [3.63, 3.8) is 0 Å². The summed E-state index contributed by atoms with van der Waals surface area (Å²) in [6.07, 6.45) is 0. The van der Waals surface area contributed by atoms with Crippen LogP contribution in [-0.2, 0) is 0 Å². The molecule has 2 aromatic rings. The minimum Gasteiger partial charge on any atom is -0.455 e. The van der Waals surface area contributed by atoms with Crippen LogP contribution in [0.2, 0.25) is 0 Å². The fourth-order valence-corrected chi connectivity index (χ4v) is 2.26. The van der Waals surface area contributed by atoms with Crippen LogP contribution in [0.3, 0.4) is 0 Å². The lowest BCUT2D eigenvalue weighted by atomic mass is 10.1. The molecule has 0 spiro atoms. The molecule has 98 valence electrons. The number of ketones is 1. The summed E-state index contributed by atoms with van der Waals surface area (Å²) in [4.78, 5) is 11.2. The Labute approximate surface area is 126 Å². The summed E-state index contributed by atoms with van der Waals surface area (Å²) in [5, 5.41) is 0. The van der Waals surface area contributed by atoms with Crippen LogP contribution in [0.25, 0.3) is 0 Å². The highest BCUT2D eigenvalue weighted by molar-refractivity contribution is 9.11. The Bertz CT molecular complexity index is 641. The van der Waals surface area contributed by atoms with Crippen LogP contribution >= 0.6 is 31.9 Å². The van der Waals surface area contributed by atoms with E-state index in [0.29, 0.717) is 26.0 Å². The van der Waals surface area contributed by atoms with Crippen molar-refractivity contribution in [2.75, 3.05) is 0 Å². The van der Waals surface area contributed by atoms with Gasteiger partial charge in [-0.3, -0.25) is 4.79 Å². The number of halogens is 3. The maximum Gasteiger partial charge on any atom is 0.159 e. The number of Topliss-reactive ketones (excluding diaryl/α,β-unsaturated/α-hetero) is 1. The Balaban J connectivity index is 2.33. The second kappa shape index (κ2) is 5.84. The number of hydrogen-bond acceptors (Lipinski definition) is 2. The maximum absolute atomic E-state index is 13.2. The van der Waals surface area contributed by atoms with Crippen molar-refractivity contribution in [2.24, 2.45) is 0 Å². The second-order valence-corrected chi connectivity index (χ2v) is 5.59. The zero-order chi connectivity index (χ0) is 14.0. The van der Waals surface area contributed by atoms with Crippen molar-refractivity contribution in [1.82, 2.24) is 0 Å². The zero-order valence-electron chi connectivity index (χ0n) is 9.91. The first-order valence-corrected chi connectivity index (χ1v) is 6.99. The smallest absolute Gasteiger partial charge is 0.159 e. The normalized spacial score (nSPS) is 10.3. The van der Waals surface area contributed by atoms with Crippen LogP contribution < -0.4 is 4.74 Å². The molecule has 0 heterocycles. The average Bonchev–Trinajstić information content (AvgIpc) is 2.36. The molecule has 0 atom stereocenters. The quantitative estimate of drug-likeness (QED) is 0.664. The molecular formula is C14H9Br2FO2. The number of carbonyl (C=O) groups is 1. The summed E-state index contributed by atoms with van der Waals surface area (Å²) in [5.41, 5.74) is 0.581. The lowest BCUT2D eigenvalue weighted by Crippen LogP contribution is -1.93. The predicted molar refractivity (Wildman–Crippen MR) is 78.3 cm³/mol. The Morgan fingerprint density at radius 3 is 2.42 bits per heavy atom. The largest absolute Gasteiger partial charge is 0.455 e. The summed E-state index contributed by atoms with van der Waals surface area (Å²) in [6, 6.07) is 9.20. The van der Waals surface area contributed by atoms with Crippen molar-refractivity contribution in [2.45, 2.75) is 6.92 Å². The first-order chi connectivity index (χ1) is 8.97. The molecule has 0 amide bonds. The van der Waals surface area contributed by atoms with Gasteiger partial charge in [-0.15, -0.1) is 0 Å². The number of hydrogen-bond donors (Lipinski definition) is 0. The lowest BCUT2D eigenvalue weighted by Gasteiger charge is -2.10. The second-order valence-electron chi connectivity index (χ2n) is 3.88. The van der Waals surface area contributed by atoms with Gasteiger partial charge in [0.1, 0.15) is 17.3 Å². The van der Waals surface area contributed by atoms with E-state index in [1.54, 1.807) is 24.3 Å². The van der Waals surface area contributed by atoms with E-state index in [4.69, 9.17) is 4.74 Å². The van der Waals surface area contributed by atoms with Crippen LogP contribution in [0.15, 0.2) is 45.3 Å². The molecule has 0 aliphatic rings. The maximum atomic E-state index is 13.2. The van der Waals surface area contributed by atoms with Crippen molar-refractivity contribution in [1.29, 1.82) is 0 Å². The predicted octanol–water partition coefficient (Wildman–Crippen LogP) is 5.35. The van der Waals surface area contributed by atoms with E-state index in [1.165, 1.54) is 19.1 Å². The Morgan fingerprint density at radius 1 is 1.05 bits per heavy atom. The topological polar surface area (TPSA) is 26.3 Å². The van der Waals surface area contributed by atoms with Crippen molar-refractivity contribution in [3.05, 3.63) is 56.7 Å². The standard InChI is InChI=1S/C14H9Br2FO2/c1-8(18)9-2-5-13(12(16)6-9)19-14-7-10(17)3-4-11(14)15/h2-7H,1H3. The Morgan fingerprint density at radius 2 is 1.79 bits per heavy atom. The third-order valence-corrected chi connectivity index (χ3v) is 3.73. The van der Waals surface area contributed by atoms with E-state index in [0.717, 1.165) is 0 Å². The van der Waals surface area contributed by atoms with Gasteiger partial charge < -0.3 is 4.74 Å². The van der Waals surface area contributed by atoms with Gasteiger partial charge in [-0.1, -0.05) is 0 Å². The molecule has 0 saturated heterocycles. The van der Waals surface area contributed by atoms with Gasteiger partial charge in [0.25, 0.3) is 0 Å². The fourth-order valence-electron chi connectivity index (χ4n) is 1.48. The van der Waals surface area contributed by atoms with Crippen LogP contribution in [0, 0.1) is 5.82 Å². The molecule has 2 rings (SSSR count). The molecule has 0 saturated carbocycles. The average molecular weight is 388 g/mol. The molecule has 19 heavy (non-hydrogen) atoms. The first kappa shape index (κ1) is 14.2. The highest BCUT2D eigenvalue weighted by Gasteiger charge is 2.09. The molecule has 0 aromatic heterocycles. The molecule has 0 radical (unpaired) electrons. The van der Waals surface area contributed by atoms with Gasteiger partial charge in [0.05, 0.1) is 8.95 Å². The number of benzene rings is 2. The monoisotopic (exact) mass is 386 g/mol. The molecule has 0 aliphatic carbocycles. The van der Waals surface area contributed by atoms with Crippen LogP contribution in [0.4, 0.5) is 4.39 Å². The molecule has 0 fully saturated rings. The van der Waals surface area contributed by atoms with E-state index < -0.39 is 0 Å². The van der Waals surface area contributed by atoms with Gasteiger partial charge in [0.2, 0.25) is 0 Å². The van der Waals surface area contributed by atoms with E-state index >= 15 is 0 Å². The summed E-state index contributed by atoms with van der Waals surface area (Å²) >= 11 is 6.62. The third kappa shape index (κ3) is 3.42. The lowest BCUT2D eigenvalue weighted by molar-refractivity contribution is 0.101. The van der Waals surface area contributed by atoms with E-state index in [-0.39, 0.29) is 11.6 Å². The molecule has 0 N–H and O–H groups in total. The van der Waals surface area contributed by atoms with E-state index in [2.05, 4.69) is 31.9 Å². The number of rotatable bonds is 3. The van der Waals surface area contributed by atoms with Crippen LogP contribution in [-0.4, -0.2) is 5.78 Å². The molecule has 0 aliphatic heterocycles. The van der Waals surface area contributed by atoms with Gasteiger partial charge in [-0.25, -0.2) is 4.39 Å². The van der Waals surface area contributed by atoms with Crippen molar-refractivity contribution >= 4 is 37.6 Å². The molecule has 0 bridgehead atoms. The van der Waals surface area contributed by atoms with Gasteiger partial charge >= 0.3 is 0 Å². The van der Waals surface area contributed by atoms with E-state index in [9.17, 15) is 9.18 Å². The minimum atomic E-state index is -0.380. The number of carbonyl (C=O) groups excluding carboxylic acids is 1. The summed E-state index contributed by atoms with van der Waals surface area (Å²) < 4.78 is 20.1. The zero-order valence-corrected chi connectivity index (χ0v) is 13.1. The van der Waals surface area contributed by atoms with Gasteiger partial charge in [-0.05, 0) is 69.1 Å². The van der Waals surface area contributed by atoms with Crippen LogP contribution in [0.5, 0.6) is 11.5 Å². The third-order valence-electron chi connectivity index (χ3n) is 2.45. The summed E-state index contributed by atoms with van der Waals surface area (Å²) in [5.74, 6) is 0.474. The Kier molecular flexibility index (Phi) is 4.37. The van der Waals surface area contributed by atoms with Gasteiger partial charge in [0, 0.05) is 11.6 Å². The molecule has 0 unspecified atom stereocenters. The highest BCUT2D eigenvalue weighted by atomic mass is 79.9. The van der Waals surface area contributed by atoms with Crippen molar-refractivity contribution in [3.8, 4) is 11.5 Å². The SMILES string of the molecule is CC(=O)c1ccc(Oc2cc(F)ccc2Br)c(Br)c1. The first-order valence-electron chi connectivity index (χ1n) is 5.41. The molecule has 5 heteroatoms. The molecule has 2 aromatic carbocycles. The van der Waals surface area contributed by atoms with E-state index in [1.807, 2.05) is 0 Å². The summed E-state index contributed by atoms with van der Waals surface area (Å²) in [6.45, 7) is 1.49. The molecule has 2 nitrogen and oxygen atoms in total. The van der Waals surface area contributed by atoms with Gasteiger partial charge in [0.15, 0.2) is 5.78 Å². The number of ether oxygens (including phenoxy) is 1. The molecular weight excluding hydrogens is 379 g/mol. The van der Waals surface area contributed by atoms with Gasteiger partial charge in [-0.2, -0.15) is 0 Å². The Hall–Kier alpha value is -1.20. The minimum absolute atomic E-state index is 0.0285. The van der Waals surface area contributed by atoms with Crippen molar-refractivity contribution < 1.29 is 13.9 Å². The highest BCUT2D eigenvalue weighted by Crippen LogP contribution is 2.34. The summed E-state index contributed by atoms with van der Waals surface area (Å²) in [7, 11) is 0.